The lowest BCUT2D eigenvalue weighted by Gasteiger charge is -2.14. The van der Waals surface area contributed by atoms with Gasteiger partial charge in [0.1, 0.15) is 17.3 Å². The molecule has 0 aliphatic rings. The van der Waals surface area contributed by atoms with E-state index in [0.717, 1.165) is 5.56 Å². The summed E-state index contributed by atoms with van der Waals surface area (Å²) in [6.45, 7) is 1.76. The lowest BCUT2D eigenvalue weighted by molar-refractivity contribution is 0.281. The predicted octanol–water partition coefficient (Wildman–Crippen LogP) is 3.13. The number of rotatable bonds is 4. The average molecular weight is 261 g/mol. The second-order valence-corrected chi connectivity index (χ2v) is 4.37. The Kier molecular flexibility index (Phi) is 4.14. The van der Waals surface area contributed by atoms with Crippen LogP contribution >= 0.6 is 0 Å². The maximum absolute atomic E-state index is 13.2. The Hall–Kier alpha value is -1.91. The normalized spacial score (nSPS) is 12.2. The number of halogens is 1. The van der Waals surface area contributed by atoms with Crippen molar-refractivity contribution >= 4 is 0 Å². The van der Waals surface area contributed by atoms with Crippen LogP contribution in [0.5, 0.6) is 11.5 Å². The molecule has 2 aromatic rings. The Morgan fingerprint density at radius 2 is 1.89 bits per heavy atom. The Bertz CT molecular complexity index is 553. The average Bonchev–Trinajstić information content (AvgIpc) is 2.41. The molecule has 3 N–H and O–H groups in total. The maximum atomic E-state index is 13.2. The second kappa shape index (κ2) is 5.82. The van der Waals surface area contributed by atoms with Gasteiger partial charge in [-0.25, -0.2) is 4.39 Å². The van der Waals surface area contributed by atoms with Gasteiger partial charge in [0, 0.05) is 11.6 Å². The molecule has 0 aromatic heterocycles. The van der Waals surface area contributed by atoms with Gasteiger partial charge < -0.3 is 15.6 Å². The van der Waals surface area contributed by atoms with Crippen molar-refractivity contribution in [3.63, 3.8) is 0 Å². The molecule has 19 heavy (non-hydrogen) atoms. The van der Waals surface area contributed by atoms with Crippen LogP contribution in [0.4, 0.5) is 4.39 Å². The maximum Gasteiger partial charge on any atom is 0.132 e. The topological polar surface area (TPSA) is 55.5 Å². The molecule has 0 aliphatic heterocycles. The monoisotopic (exact) mass is 261 g/mol. The predicted molar refractivity (Wildman–Crippen MR) is 71.4 cm³/mol. The number of hydrogen-bond donors (Lipinski definition) is 2. The van der Waals surface area contributed by atoms with Crippen molar-refractivity contribution in [1.29, 1.82) is 0 Å². The molecule has 4 heteroatoms. The summed E-state index contributed by atoms with van der Waals surface area (Å²) in [5.41, 5.74) is 7.22. The summed E-state index contributed by atoms with van der Waals surface area (Å²) >= 11 is 0. The smallest absolute Gasteiger partial charge is 0.132 e. The lowest BCUT2D eigenvalue weighted by Crippen LogP contribution is -2.07. The fourth-order valence-electron chi connectivity index (χ4n) is 1.76. The number of aliphatic hydroxyl groups is 1. The summed E-state index contributed by atoms with van der Waals surface area (Å²) in [5.74, 6) is 0.814. The highest BCUT2D eigenvalue weighted by molar-refractivity contribution is 5.40. The van der Waals surface area contributed by atoms with Crippen LogP contribution in [-0.4, -0.2) is 5.11 Å². The fraction of sp³-hybridized carbons (Fsp3) is 0.200. The molecule has 2 rings (SSSR count). The van der Waals surface area contributed by atoms with Gasteiger partial charge in [-0.1, -0.05) is 12.1 Å². The van der Waals surface area contributed by atoms with Crippen molar-refractivity contribution in [2.45, 2.75) is 19.6 Å². The fourth-order valence-corrected chi connectivity index (χ4v) is 1.76. The van der Waals surface area contributed by atoms with Gasteiger partial charge in [-0.3, -0.25) is 0 Å². The highest BCUT2D eigenvalue weighted by Crippen LogP contribution is 2.29. The molecule has 0 radical (unpaired) electrons. The SMILES string of the molecule is C[C@H](N)c1cc(F)ccc1Oc1ccc(CO)cc1. The summed E-state index contributed by atoms with van der Waals surface area (Å²) in [4.78, 5) is 0. The van der Waals surface area contributed by atoms with Crippen molar-refractivity contribution in [3.05, 3.63) is 59.4 Å². The number of hydrogen-bond acceptors (Lipinski definition) is 3. The molecule has 0 heterocycles. The summed E-state index contributed by atoms with van der Waals surface area (Å²) in [6, 6.07) is 11.0. The molecular weight excluding hydrogens is 245 g/mol. The van der Waals surface area contributed by atoms with Crippen LogP contribution in [0.3, 0.4) is 0 Å². The van der Waals surface area contributed by atoms with Crippen molar-refractivity contribution < 1.29 is 14.2 Å². The molecule has 2 aromatic carbocycles. The van der Waals surface area contributed by atoms with E-state index >= 15 is 0 Å². The molecule has 1 atom stereocenters. The van der Waals surface area contributed by atoms with E-state index in [-0.39, 0.29) is 18.5 Å². The summed E-state index contributed by atoms with van der Waals surface area (Å²) in [6.07, 6.45) is 0. The first-order chi connectivity index (χ1) is 9.10. The van der Waals surface area contributed by atoms with Crippen LogP contribution in [0.1, 0.15) is 24.1 Å². The van der Waals surface area contributed by atoms with E-state index in [9.17, 15) is 4.39 Å². The third-order valence-electron chi connectivity index (χ3n) is 2.80. The molecule has 3 nitrogen and oxygen atoms in total. The van der Waals surface area contributed by atoms with Gasteiger partial charge in [-0.2, -0.15) is 0 Å². The highest BCUT2D eigenvalue weighted by atomic mass is 19.1. The molecule has 0 saturated carbocycles. The number of ether oxygens (including phenoxy) is 1. The Morgan fingerprint density at radius 3 is 2.47 bits per heavy atom. The van der Waals surface area contributed by atoms with Gasteiger partial charge in [-0.15, -0.1) is 0 Å². The van der Waals surface area contributed by atoms with Crippen LogP contribution in [0, 0.1) is 5.82 Å². The molecule has 0 bridgehead atoms. The van der Waals surface area contributed by atoms with Crippen molar-refractivity contribution in [2.24, 2.45) is 5.73 Å². The van der Waals surface area contributed by atoms with Crippen molar-refractivity contribution in [3.8, 4) is 11.5 Å². The Morgan fingerprint density at radius 1 is 1.21 bits per heavy atom. The quantitative estimate of drug-likeness (QED) is 0.889. The number of benzene rings is 2. The summed E-state index contributed by atoms with van der Waals surface area (Å²) in [5, 5.41) is 8.97. The van der Waals surface area contributed by atoms with Gasteiger partial charge in [-0.05, 0) is 42.8 Å². The minimum Gasteiger partial charge on any atom is -0.457 e. The van der Waals surface area contributed by atoms with Crippen LogP contribution < -0.4 is 10.5 Å². The van der Waals surface area contributed by atoms with E-state index in [1.165, 1.54) is 12.1 Å². The van der Waals surface area contributed by atoms with Crippen molar-refractivity contribution in [1.82, 2.24) is 0 Å². The minimum absolute atomic E-state index is 0.0120. The number of aliphatic hydroxyl groups excluding tert-OH is 1. The molecule has 0 fully saturated rings. The van der Waals surface area contributed by atoms with E-state index in [4.69, 9.17) is 15.6 Å². The van der Waals surface area contributed by atoms with Gasteiger partial charge >= 0.3 is 0 Å². The van der Waals surface area contributed by atoms with Gasteiger partial charge in [0.05, 0.1) is 6.61 Å². The van der Waals surface area contributed by atoms with Gasteiger partial charge in [0.15, 0.2) is 0 Å². The minimum atomic E-state index is -0.338. The van der Waals surface area contributed by atoms with E-state index in [1.54, 1.807) is 37.3 Å². The van der Waals surface area contributed by atoms with Gasteiger partial charge in [0.2, 0.25) is 0 Å². The molecule has 0 aliphatic carbocycles. The zero-order chi connectivity index (χ0) is 13.8. The molecule has 0 amide bonds. The Balaban J connectivity index is 2.26. The van der Waals surface area contributed by atoms with Crippen LogP contribution in [0.2, 0.25) is 0 Å². The second-order valence-electron chi connectivity index (χ2n) is 4.37. The third kappa shape index (κ3) is 3.30. The molecular formula is C15H16FNO2. The van der Waals surface area contributed by atoms with E-state index < -0.39 is 0 Å². The van der Waals surface area contributed by atoms with Crippen LogP contribution in [-0.2, 0) is 6.61 Å². The first-order valence-corrected chi connectivity index (χ1v) is 6.03. The lowest BCUT2D eigenvalue weighted by atomic mass is 10.1. The summed E-state index contributed by atoms with van der Waals surface area (Å²) in [7, 11) is 0. The van der Waals surface area contributed by atoms with E-state index in [2.05, 4.69) is 0 Å². The molecule has 100 valence electrons. The molecule has 0 unspecified atom stereocenters. The zero-order valence-electron chi connectivity index (χ0n) is 10.6. The zero-order valence-corrected chi connectivity index (χ0v) is 10.6. The van der Waals surface area contributed by atoms with Crippen LogP contribution in [0.25, 0.3) is 0 Å². The van der Waals surface area contributed by atoms with Gasteiger partial charge in [0.25, 0.3) is 0 Å². The summed E-state index contributed by atoms with van der Waals surface area (Å²) < 4.78 is 18.9. The molecule has 0 spiro atoms. The highest BCUT2D eigenvalue weighted by Gasteiger charge is 2.10. The van der Waals surface area contributed by atoms with Crippen molar-refractivity contribution in [2.75, 3.05) is 0 Å². The standard InChI is InChI=1S/C15H16FNO2/c1-10(17)14-8-12(16)4-7-15(14)19-13-5-2-11(9-18)3-6-13/h2-8,10,18H,9,17H2,1H3/t10-/m0/s1. The van der Waals surface area contributed by atoms with E-state index in [1.807, 2.05) is 0 Å². The first kappa shape index (κ1) is 13.5. The first-order valence-electron chi connectivity index (χ1n) is 6.03. The largest absolute Gasteiger partial charge is 0.457 e. The Labute approximate surface area is 111 Å². The van der Waals surface area contributed by atoms with E-state index in [0.29, 0.717) is 17.1 Å². The number of nitrogens with two attached hydrogens (primary N) is 1. The van der Waals surface area contributed by atoms with Crippen LogP contribution in [0.15, 0.2) is 42.5 Å². The third-order valence-corrected chi connectivity index (χ3v) is 2.80. The molecule has 0 saturated heterocycles.